The van der Waals surface area contributed by atoms with Gasteiger partial charge < -0.3 is 20.0 Å². The highest BCUT2D eigenvalue weighted by Crippen LogP contribution is 2.38. The highest BCUT2D eigenvalue weighted by molar-refractivity contribution is 5.86. The number of nitrogens with zero attached hydrogens (tertiary/aromatic N) is 2. The summed E-state index contributed by atoms with van der Waals surface area (Å²) < 4.78 is 0. The molecule has 6 nitrogen and oxygen atoms in total. The van der Waals surface area contributed by atoms with Crippen LogP contribution >= 0.6 is 0 Å². The lowest BCUT2D eigenvalue weighted by molar-refractivity contribution is -0.151. The number of carboxylic acids is 1. The molecule has 0 aliphatic carbocycles. The van der Waals surface area contributed by atoms with Gasteiger partial charge in [0.1, 0.15) is 5.54 Å². The summed E-state index contributed by atoms with van der Waals surface area (Å²) in [6.45, 7) is 2.17. The minimum Gasteiger partial charge on any atom is -0.480 e. The minimum atomic E-state index is -1.09. The zero-order chi connectivity index (χ0) is 15.2. The Balaban J connectivity index is 1.82. The van der Waals surface area contributed by atoms with E-state index in [-0.39, 0.29) is 24.2 Å². The summed E-state index contributed by atoms with van der Waals surface area (Å²) in [4.78, 5) is 28.0. The van der Waals surface area contributed by atoms with Crippen molar-refractivity contribution in [3.8, 4) is 0 Å². The first-order valence-electron chi connectivity index (χ1n) is 7.95. The first-order valence-corrected chi connectivity index (χ1v) is 7.95. The molecule has 2 bridgehead atoms. The molecular weight excluding hydrogens is 272 g/mol. The molecule has 0 aromatic carbocycles. The molecule has 3 fully saturated rings. The maximum atomic E-state index is 12.9. The molecule has 3 aliphatic rings. The van der Waals surface area contributed by atoms with Gasteiger partial charge in [0.25, 0.3) is 0 Å². The lowest BCUT2D eigenvalue weighted by Crippen LogP contribution is -2.63. The summed E-state index contributed by atoms with van der Waals surface area (Å²) in [5.74, 6) is -0.917. The van der Waals surface area contributed by atoms with Gasteiger partial charge >= 0.3 is 12.0 Å². The van der Waals surface area contributed by atoms with Gasteiger partial charge in [-0.1, -0.05) is 0 Å². The number of urea groups is 1. The summed E-state index contributed by atoms with van der Waals surface area (Å²) in [5, 5.41) is 19.4. The number of rotatable bonds is 1. The average molecular weight is 296 g/mol. The number of hydrogen-bond donors (Lipinski definition) is 2. The van der Waals surface area contributed by atoms with Crippen molar-refractivity contribution in [2.24, 2.45) is 0 Å². The quantitative estimate of drug-likeness (QED) is 0.767. The first kappa shape index (κ1) is 14.6. The molecule has 0 radical (unpaired) electrons. The van der Waals surface area contributed by atoms with Crippen LogP contribution in [0.15, 0.2) is 0 Å². The van der Waals surface area contributed by atoms with Gasteiger partial charge in [-0.25, -0.2) is 9.59 Å². The lowest BCUT2D eigenvalue weighted by atomic mass is 9.88. The summed E-state index contributed by atoms with van der Waals surface area (Å²) >= 11 is 0. The highest BCUT2D eigenvalue weighted by Gasteiger charge is 2.50. The molecule has 3 unspecified atom stereocenters. The van der Waals surface area contributed by atoms with Crippen molar-refractivity contribution in [2.45, 2.75) is 75.6 Å². The predicted molar refractivity (Wildman–Crippen MR) is 75.9 cm³/mol. The van der Waals surface area contributed by atoms with Crippen LogP contribution in [0, 0.1) is 0 Å². The van der Waals surface area contributed by atoms with E-state index in [1.54, 1.807) is 11.8 Å². The fourth-order valence-corrected chi connectivity index (χ4v) is 4.25. The third-order valence-corrected chi connectivity index (χ3v) is 5.51. The normalized spacial score (nSPS) is 39.4. The van der Waals surface area contributed by atoms with Crippen LogP contribution < -0.4 is 0 Å². The Bertz CT molecular complexity index is 441. The number of aliphatic hydroxyl groups is 1. The van der Waals surface area contributed by atoms with Gasteiger partial charge in [0.15, 0.2) is 0 Å². The third kappa shape index (κ3) is 2.29. The van der Waals surface area contributed by atoms with E-state index >= 15 is 0 Å². The Morgan fingerprint density at radius 2 is 1.76 bits per heavy atom. The summed E-state index contributed by atoms with van der Waals surface area (Å²) in [6.07, 6.45) is 4.99. The number of amides is 2. The maximum absolute atomic E-state index is 12.9. The van der Waals surface area contributed by atoms with Gasteiger partial charge in [-0.05, 0) is 51.9 Å². The van der Waals surface area contributed by atoms with Crippen LogP contribution in [-0.2, 0) is 4.79 Å². The molecular formula is C15H24N2O4. The summed E-state index contributed by atoms with van der Waals surface area (Å²) in [5.41, 5.74) is -1.09. The van der Waals surface area contributed by atoms with Gasteiger partial charge in [-0.3, -0.25) is 0 Å². The number of aliphatic carboxylic acids is 1. The molecule has 0 aromatic heterocycles. The Morgan fingerprint density at radius 3 is 2.33 bits per heavy atom. The van der Waals surface area contributed by atoms with Crippen LogP contribution in [0.1, 0.15) is 51.9 Å². The van der Waals surface area contributed by atoms with Crippen molar-refractivity contribution >= 4 is 12.0 Å². The second-order valence-electron chi connectivity index (χ2n) is 6.89. The van der Waals surface area contributed by atoms with Gasteiger partial charge in [-0.15, -0.1) is 0 Å². The second-order valence-corrected chi connectivity index (χ2v) is 6.89. The van der Waals surface area contributed by atoms with Crippen LogP contribution in [0.2, 0.25) is 0 Å². The number of hydrogen-bond acceptors (Lipinski definition) is 3. The molecule has 3 heterocycles. The van der Waals surface area contributed by atoms with Gasteiger partial charge in [0.05, 0.1) is 6.10 Å². The van der Waals surface area contributed by atoms with Crippen molar-refractivity contribution in [1.29, 1.82) is 0 Å². The van der Waals surface area contributed by atoms with E-state index < -0.39 is 11.5 Å². The van der Waals surface area contributed by atoms with Crippen molar-refractivity contribution < 1.29 is 19.8 Å². The summed E-state index contributed by atoms with van der Waals surface area (Å²) in [7, 11) is 0. The van der Waals surface area contributed by atoms with Crippen LogP contribution in [0.3, 0.4) is 0 Å². The second kappa shape index (κ2) is 5.16. The molecule has 21 heavy (non-hydrogen) atoms. The summed E-state index contributed by atoms with van der Waals surface area (Å²) in [6, 6.07) is 0.0106. The Kier molecular flexibility index (Phi) is 3.59. The minimum absolute atomic E-state index is 0.0752. The van der Waals surface area contributed by atoms with Crippen molar-refractivity contribution in [1.82, 2.24) is 9.80 Å². The number of likely N-dealkylation sites (tertiary alicyclic amines) is 1. The van der Waals surface area contributed by atoms with E-state index in [2.05, 4.69) is 0 Å². The molecule has 0 saturated carbocycles. The Labute approximate surface area is 124 Å². The van der Waals surface area contributed by atoms with Crippen molar-refractivity contribution in [3.05, 3.63) is 0 Å². The zero-order valence-corrected chi connectivity index (χ0v) is 12.5. The molecule has 6 heteroatoms. The SMILES string of the molecule is CC1(C(=O)O)CCCCN1C(=O)N1C2CCC1CC(O)C2. The fraction of sp³-hybridized carbons (Fsp3) is 0.867. The number of piperidine rings is 2. The van der Waals surface area contributed by atoms with Crippen LogP contribution in [0.5, 0.6) is 0 Å². The topological polar surface area (TPSA) is 81.1 Å². The highest BCUT2D eigenvalue weighted by atomic mass is 16.4. The number of fused-ring (bicyclic) bond motifs is 2. The Morgan fingerprint density at radius 1 is 1.14 bits per heavy atom. The van der Waals surface area contributed by atoms with Gasteiger partial charge in [0, 0.05) is 18.6 Å². The van der Waals surface area contributed by atoms with E-state index in [9.17, 15) is 19.8 Å². The molecule has 2 N–H and O–H groups in total. The molecule has 2 amide bonds. The molecule has 3 saturated heterocycles. The fourth-order valence-electron chi connectivity index (χ4n) is 4.25. The number of carbonyl (C=O) groups is 2. The van der Waals surface area contributed by atoms with Crippen LogP contribution in [0.4, 0.5) is 4.79 Å². The molecule has 0 aromatic rings. The lowest BCUT2D eigenvalue weighted by Gasteiger charge is -2.47. The number of carboxylic acid groups (broad SMARTS) is 1. The van der Waals surface area contributed by atoms with E-state index in [1.807, 2.05) is 4.90 Å². The monoisotopic (exact) mass is 296 g/mol. The van der Waals surface area contributed by atoms with E-state index in [0.29, 0.717) is 25.8 Å². The smallest absolute Gasteiger partial charge is 0.329 e. The van der Waals surface area contributed by atoms with Crippen molar-refractivity contribution in [3.63, 3.8) is 0 Å². The van der Waals surface area contributed by atoms with Crippen molar-refractivity contribution in [2.75, 3.05) is 6.54 Å². The standard InChI is InChI=1S/C15H24N2O4/c1-15(13(19)20)6-2-3-7-16(15)14(21)17-10-4-5-11(17)9-12(18)8-10/h10-12,18H,2-9H2,1H3,(H,19,20). The van der Waals surface area contributed by atoms with Gasteiger partial charge in [0.2, 0.25) is 0 Å². The third-order valence-electron chi connectivity index (χ3n) is 5.51. The molecule has 3 aliphatic heterocycles. The largest absolute Gasteiger partial charge is 0.480 e. The molecule has 0 spiro atoms. The Hall–Kier alpha value is -1.30. The predicted octanol–water partition coefficient (Wildman–Crippen LogP) is 1.42. The maximum Gasteiger partial charge on any atom is 0.329 e. The molecule has 3 atom stereocenters. The van der Waals surface area contributed by atoms with Crippen LogP contribution in [-0.4, -0.2) is 62.3 Å². The average Bonchev–Trinajstić information content (AvgIpc) is 2.70. The van der Waals surface area contributed by atoms with E-state index in [4.69, 9.17) is 0 Å². The van der Waals surface area contributed by atoms with Gasteiger partial charge in [-0.2, -0.15) is 0 Å². The molecule has 3 rings (SSSR count). The number of aliphatic hydroxyl groups excluding tert-OH is 1. The molecule has 118 valence electrons. The van der Waals surface area contributed by atoms with Crippen LogP contribution in [0.25, 0.3) is 0 Å². The van der Waals surface area contributed by atoms with E-state index in [0.717, 1.165) is 25.7 Å². The zero-order valence-electron chi connectivity index (χ0n) is 12.5. The van der Waals surface area contributed by atoms with E-state index in [1.165, 1.54) is 0 Å². The first-order chi connectivity index (χ1) is 9.93. The number of carbonyl (C=O) groups excluding carboxylic acids is 1.